The number of nitrogen functional groups attached to an aromatic ring is 1. The Hall–Kier alpha value is -3.59. The number of ketones is 1. The lowest BCUT2D eigenvalue weighted by molar-refractivity contribution is -0.137. The molecule has 2 aromatic rings. The predicted molar refractivity (Wildman–Crippen MR) is 120 cm³/mol. The minimum absolute atomic E-state index is 0.00366. The Morgan fingerprint density at radius 2 is 1.97 bits per heavy atom. The van der Waals surface area contributed by atoms with E-state index < -0.39 is 23.6 Å². The fourth-order valence-corrected chi connectivity index (χ4v) is 2.90. The van der Waals surface area contributed by atoms with Crippen molar-refractivity contribution in [2.75, 3.05) is 44.9 Å². The van der Waals surface area contributed by atoms with Gasteiger partial charge in [-0.2, -0.15) is 28.4 Å². The van der Waals surface area contributed by atoms with E-state index in [0.29, 0.717) is 6.54 Å². The zero-order valence-electron chi connectivity index (χ0n) is 19.4. The second-order valence-electron chi connectivity index (χ2n) is 7.68. The summed E-state index contributed by atoms with van der Waals surface area (Å²) in [6.07, 6.45) is -4.90. The SMILES string of the molecule is CCOc1nc(N)nc(N[C@@H](C)C(=O)Cc2cc(OCCN(C)C)cc(C(F)(F)F)c2)c1C#N. The number of carbonyl (C=O) groups excluding carboxylic acids is 1. The van der Waals surface area contributed by atoms with E-state index in [1.54, 1.807) is 6.92 Å². The Kier molecular flexibility index (Phi) is 9.03. The molecule has 0 fully saturated rings. The van der Waals surface area contributed by atoms with E-state index in [1.807, 2.05) is 25.1 Å². The van der Waals surface area contributed by atoms with Crippen LogP contribution in [0.25, 0.3) is 0 Å². The van der Waals surface area contributed by atoms with Crippen LogP contribution in [0.3, 0.4) is 0 Å². The van der Waals surface area contributed by atoms with Crippen LogP contribution in [0.15, 0.2) is 18.2 Å². The number of benzene rings is 1. The number of alkyl halides is 3. The first kappa shape index (κ1) is 26.7. The van der Waals surface area contributed by atoms with Crippen molar-refractivity contribution >= 4 is 17.5 Å². The number of Topliss-reactive ketones (excluding diaryl/α,β-unsaturated/α-hetero) is 1. The Morgan fingerprint density at radius 1 is 1.26 bits per heavy atom. The quantitative estimate of drug-likeness (QED) is 0.499. The zero-order chi connectivity index (χ0) is 25.5. The number of likely N-dealkylation sites (N-methyl/N-ethyl adjacent to an activating group) is 1. The molecule has 0 saturated heterocycles. The highest BCUT2D eigenvalue weighted by Gasteiger charge is 2.32. The summed E-state index contributed by atoms with van der Waals surface area (Å²) in [5, 5.41) is 12.2. The molecule has 0 radical (unpaired) electrons. The lowest BCUT2D eigenvalue weighted by Gasteiger charge is -2.17. The molecule has 12 heteroatoms. The number of hydrogen-bond acceptors (Lipinski definition) is 9. The summed E-state index contributed by atoms with van der Waals surface area (Å²) in [7, 11) is 3.63. The molecule has 1 aromatic heterocycles. The van der Waals surface area contributed by atoms with Crippen LogP contribution >= 0.6 is 0 Å². The third-order valence-electron chi connectivity index (χ3n) is 4.60. The normalized spacial score (nSPS) is 12.2. The summed E-state index contributed by atoms with van der Waals surface area (Å²) in [6.45, 7) is 4.14. The van der Waals surface area contributed by atoms with Crippen molar-refractivity contribution in [1.29, 1.82) is 5.26 Å². The molecule has 1 aromatic carbocycles. The largest absolute Gasteiger partial charge is 0.492 e. The number of nitrogens with two attached hydrogens (primary N) is 1. The summed E-state index contributed by atoms with van der Waals surface area (Å²) < 4.78 is 50.9. The van der Waals surface area contributed by atoms with Crippen LogP contribution in [0.5, 0.6) is 11.6 Å². The Labute approximate surface area is 195 Å². The van der Waals surface area contributed by atoms with Gasteiger partial charge < -0.3 is 25.4 Å². The van der Waals surface area contributed by atoms with Crippen molar-refractivity contribution in [3.8, 4) is 17.7 Å². The lowest BCUT2D eigenvalue weighted by Crippen LogP contribution is -2.29. The average molecular weight is 480 g/mol. The van der Waals surface area contributed by atoms with E-state index in [1.165, 1.54) is 13.0 Å². The molecule has 0 aliphatic rings. The summed E-state index contributed by atoms with van der Waals surface area (Å²) in [4.78, 5) is 22.5. The second-order valence-corrected chi connectivity index (χ2v) is 7.68. The van der Waals surface area contributed by atoms with Crippen molar-refractivity contribution in [2.45, 2.75) is 32.5 Å². The van der Waals surface area contributed by atoms with Gasteiger partial charge >= 0.3 is 6.18 Å². The first-order chi connectivity index (χ1) is 15.9. The predicted octanol–water partition coefficient (Wildman–Crippen LogP) is 2.90. The Morgan fingerprint density at radius 3 is 2.56 bits per heavy atom. The van der Waals surface area contributed by atoms with Gasteiger partial charge in [-0.1, -0.05) is 0 Å². The number of nitrogens with one attached hydrogen (secondary N) is 1. The molecule has 1 heterocycles. The Balaban J connectivity index is 2.23. The van der Waals surface area contributed by atoms with Gasteiger partial charge in [0.25, 0.3) is 0 Å². The van der Waals surface area contributed by atoms with Gasteiger partial charge in [0, 0.05) is 13.0 Å². The second kappa shape index (κ2) is 11.5. The molecule has 0 bridgehead atoms. The molecule has 0 unspecified atom stereocenters. The molecular weight excluding hydrogens is 453 g/mol. The maximum atomic E-state index is 13.4. The molecule has 3 N–H and O–H groups in total. The minimum Gasteiger partial charge on any atom is -0.492 e. The van der Waals surface area contributed by atoms with E-state index >= 15 is 0 Å². The number of nitrogens with zero attached hydrogens (tertiary/aromatic N) is 4. The first-order valence-corrected chi connectivity index (χ1v) is 10.4. The number of aromatic nitrogens is 2. The average Bonchev–Trinajstić information content (AvgIpc) is 2.72. The van der Waals surface area contributed by atoms with Crippen LogP contribution in [-0.2, 0) is 17.4 Å². The molecule has 9 nitrogen and oxygen atoms in total. The van der Waals surface area contributed by atoms with Crippen molar-refractivity contribution < 1.29 is 27.4 Å². The van der Waals surface area contributed by atoms with E-state index in [9.17, 15) is 23.2 Å². The number of anilines is 2. The smallest absolute Gasteiger partial charge is 0.416 e. The molecule has 1 atom stereocenters. The van der Waals surface area contributed by atoms with Crippen molar-refractivity contribution in [3.63, 3.8) is 0 Å². The van der Waals surface area contributed by atoms with Crippen LogP contribution in [-0.4, -0.2) is 60.5 Å². The maximum Gasteiger partial charge on any atom is 0.416 e. The molecule has 0 aliphatic carbocycles. The summed E-state index contributed by atoms with van der Waals surface area (Å²) >= 11 is 0. The van der Waals surface area contributed by atoms with Crippen molar-refractivity contribution in [1.82, 2.24) is 14.9 Å². The zero-order valence-corrected chi connectivity index (χ0v) is 19.4. The van der Waals surface area contributed by atoms with Gasteiger partial charge in [-0.15, -0.1) is 0 Å². The monoisotopic (exact) mass is 480 g/mol. The van der Waals surface area contributed by atoms with Gasteiger partial charge in [0.15, 0.2) is 17.2 Å². The van der Waals surface area contributed by atoms with E-state index in [2.05, 4.69) is 15.3 Å². The maximum absolute atomic E-state index is 13.4. The van der Waals surface area contributed by atoms with Crippen LogP contribution in [0, 0.1) is 11.3 Å². The fraction of sp³-hybridized carbons (Fsp3) is 0.455. The van der Waals surface area contributed by atoms with Crippen molar-refractivity contribution in [3.05, 3.63) is 34.9 Å². The highest BCUT2D eigenvalue weighted by Crippen LogP contribution is 2.33. The van der Waals surface area contributed by atoms with Gasteiger partial charge in [-0.25, -0.2) is 0 Å². The Bertz CT molecular complexity index is 1050. The fourth-order valence-electron chi connectivity index (χ4n) is 2.90. The third-order valence-corrected chi connectivity index (χ3v) is 4.60. The molecular formula is C22H27F3N6O3. The minimum atomic E-state index is -4.60. The number of halogens is 3. The van der Waals surface area contributed by atoms with Gasteiger partial charge in [-0.05, 0) is 51.7 Å². The topological polar surface area (TPSA) is 126 Å². The van der Waals surface area contributed by atoms with Crippen LogP contribution in [0.4, 0.5) is 24.9 Å². The van der Waals surface area contributed by atoms with Crippen LogP contribution < -0.4 is 20.5 Å². The first-order valence-electron chi connectivity index (χ1n) is 10.4. The molecule has 2 rings (SSSR count). The molecule has 0 saturated carbocycles. The van der Waals surface area contributed by atoms with Gasteiger partial charge in [0.1, 0.15) is 18.4 Å². The molecule has 34 heavy (non-hydrogen) atoms. The molecule has 184 valence electrons. The van der Waals surface area contributed by atoms with Gasteiger partial charge in [-0.3, -0.25) is 4.79 Å². The number of rotatable bonds is 11. The summed E-state index contributed by atoms with van der Waals surface area (Å²) in [5.41, 5.74) is 4.86. The van der Waals surface area contributed by atoms with E-state index in [-0.39, 0.29) is 54.2 Å². The number of hydrogen-bond donors (Lipinski definition) is 2. The van der Waals surface area contributed by atoms with Gasteiger partial charge in [0.2, 0.25) is 11.8 Å². The van der Waals surface area contributed by atoms with Crippen LogP contribution in [0.1, 0.15) is 30.5 Å². The highest BCUT2D eigenvalue weighted by molar-refractivity contribution is 5.88. The van der Waals surface area contributed by atoms with Crippen LogP contribution in [0.2, 0.25) is 0 Å². The number of ether oxygens (including phenoxy) is 2. The summed E-state index contributed by atoms with van der Waals surface area (Å²) in [6, 6.07) is 4.24. The highest BCUT2D eigenvalue weighted by atomic mass is 19.4. The standard InChI is InChI=1S/C22H27F3N6O3/c1-5-33-20-17(12-26)19(29-21(27)30-20)28-13(2)18(32)10-14-8-15(22(23,24)25)11-16(9-14)34-7-6-31(3)4/h8-9,11,13H,5-7,10H2,1-4H3,(H3,27,28,29,30)/t13-/m0/s1. The molecule has 0 amide bonds. The molecule has 0 spiro atoms. The van der Waals surface area contributed by atoms with E-state index in [4.69, 9.17) is 15.2 Å². The summed E-state index contributed by atoms with van der Waals surface area (Å²) in [5.74, 6) is -0.607. The van der Waals surface area contributed by atoms with Gasteiger partial charge in [0.05, 0.1) is 18.2 Å². The number of nitriles is 1. The molecule has 0 aliphatic heterocycles. The lowest BCUT2D eigenvalue weighted by atomic mass is 10.0. The number of carbonyl (C=O) groups is 1. The van der Waals surface area contributed by atoms with Crippen molar-refractivity contribution in [2.24, 2.45) is 0 Å². The van der Waals surface area contributed by atoms with E-state index in [0.717, 1.165) is 12.1 Å². The third kappa shape index (κ3) is 7.48.